The number of ketones is 1. The molecule has 0 N–H and O–H groups in total. The molecule has 0 amide bonds. The molecule has 0 aliphatic carbocycles. The van der Waals surface area contributed by atoms with Crippen LogP contribution in [0.25, 0.3) is 0 Å². The molecular weight excluding hydrogens is 318 g/mol. The van der Waals surface area contributed by atoms with Gasteiger partial charge >= 0.3 is 0 Å². The van der Waals surface area contributed by atoms with Gasteiger partial charge in [0.15, 0.2) is 0 Å². The van der Waals surface area contributed by atoms with E-state index >= 15 is 0 Å². The molecule has 0 saturated carbocycles. The molecule has 5 heteroatoms. The number of nitrogens with zero attached hydrogens (tertiary/aromatic N) is 3. The Kier molecular flexibility index (Phi) is 5.02. The minimum atomic E-state index is -0.421. The highest BCUT2D eigenvalue weighted by Crippen LogP contribution is 2.30. The van der Waals surface area contributed by atoms with Crippen molar-refractivity contribution in [2.24, 2.45) is 0 Å². The zero-order valence-electron chi connectivity index (χ0n) is 12.7. The molecule has 0 bridgehead atoms. The second-order valence-corrected chi connectivity index (χ2v) is 6.52. The molecule has 0 spiro atoms. The lowest BCUT2D eigenvalue weighted by atomic mass is 9.87. The number of halogens is 1. The number of hydrogen-bond donors (Lipinski definition) is 0. The van der Waals surface area contributed by atoms with Gasteiger partial charge in [0.2, 0.25) is 5.78 Å². The molecule has 1 aliphatic rings. The van der Waals surface area contributed by atoms with Gasteiger partial charge in [0.05, 0.1) is 16.2 Å². The average Bonchev–Trinajstić information content (AvgIpc) is 2.87. The quantitative estimate of drug-likeness (QED) is 0.769. The third-order valence-electron chi connectivity index (χ3n) is 4.54. The van der Waals surface area contributed by atoms with Gasteiger partial charge in [-0.1, -0.05) is 13.3 Å². The third-order valence-corrected chi connectivity index (χ3v) is 5.12. The van der Waals surface area contributed by atoms with Crippen LogP contribution in [0.15, 0.2) is 10.7 Å². The summed E-state index contributed by atoms with van der Waals surface area (Å²) in [6.07, 6.45) is 6.21. The van der Waals surface area contributed by atoms with Gasteiger partial charge in [-0.3, -0.25) is 14.4 Å². The first kappa shape index (κ1) is 15.7. The van der Waals surface area contributed by atoms with Crippen LogP contribution < -0.4 is 0 Å². The molecule has 4 nitrogen and oxygen atoms in total. The highest BCUT2D eigenvalue weighted by molar-refractivity contribution is 9.10. The van der Waals surface area contributed by atoms with Crippen LogP contribution >= 0.6 is 15.9 Å². The summed E-state index contributed by atoms with van der Waals surface area (Å²) in [6, 6.07) is 0. The van der Waals surface area contributed by atoms with Crippen LogP contribution in [-0.4, -0.2) is 39.1 Å². The minimum absolute atomic E-state index is 0.188. The summed E-state index contributed by atoms with van der Waals surface area (Å²) in [5.74, 6) is 0.188. The van der Waals surface area contributed by atoms with Gasteiger partial charge in [0, 0.05) is 6.54 Å². The van der Waals surface area contributed by atoms with Crippen molar-refractivity contribution in [3.8, 4) is 0 Å². The van der Waals surface area contributed by atoms with Crippen LogP contribution in [-0.2, 0) is 6.54 Å². The monoisotopic (exact) mass is 341 g/mol. The van der Waals surface area contributed by atoms with Gasteiger partial charge in [-0.25, -0.2) is 0 Å². The molecule has 1 aromatic heterocycles. The number of aromatic nitrogens is 2. The molecule has 1 fully saturated rings. The Morgan fingerprint density at radius 2 is 2.00 bits per heavy atom. The summed E-state index contributed by atoms with van der Waals surface area (Å²) >= 11 is 3.48. The van der Waals surface area contributed by atoms with Crippen LogP contribution in [0.5, 0.6) is 0 Å². The molecule has 112 valence electrons. The van der Waals surface area contributed by atoms with Gasteiger partial charge in [-0.15, -0.1) is 0 Å². The van der Waals surface area contributed by atoms with Crippen LogP contribution in [0.1, 0.15) is 56.9 Å². The predicted octanol–water partition coefficient (Wildman–Crippen LogP) is 3.50. The van der Waals surface area contributed by atoms with E-state index in [0.29, 0.717) is 12.2 Å². The molecule has 1 unspecified atom stereocenters. The maximum absolute atomic E-state index is 13.1. The fraction of sp³-hybridized carbons (Fsp3) is 0.733. The van der Waals surface area contributed by atoms with Crippen LogP contribution in [0, 0.1) is 0 Å². The molecule has 20 heavy (non-hydrogen) atoms. The number of Topliss-reactive ketones (excluding diaryl/α,β-unsaturated/α-hetero) is 1. The van der Waals surface area contributed by atoms with E-state index in [2.05, 4.69) is 39.8 Å². The number of carbonyl (C=O) groups excluding carboxylic acids is 1. The Bertz CT molecular complexity index is 479. The van der Waals surface area contributed by atoms with E-state index in [-0.39, 0.29) is 5.78 Å². The fourth-order valence-corrected chi connectivity index (χ4v) is 3.47. The first-order valence-electron chi connectivity index (χ1n) is 7.55. The lowest BCUT2D eigenvalue weighted by Crippen LogP contribution is -2.54. The Morgan fingerprint density at radius 1 is 1.35 bits per heavy atom. The number of aryl methyl sites for hydroxylation is 1. The topological polar surface area (TPSA) is 38.1 Å². The van der Waals surface area contributed by atoms with Crippen LogP contribution in [0.2, 0.25) is 0 Å². The van der Waals surface area contributed by atoms with Gasteiger partial charge in [-0.2, -0.15) is 5.10 Å². The van der Waals surface area contributed by atoms with E-state index in [1.807, 2.05) is 6.92 Å². The summed E-state index contributed by atoms with van der Waals surface area (Å²) < 4.78 is 2.60. The lowest BCUT2D eigenvalue weighted by molar-refractivity contribution is 0.0494. The van der Waals surface area contributed by atoms with E-state index in [4.69, 9.17) is 0 Å². The van der Waals surface area contributed by atoms with Gasteiger partial charge in [-0.05, 0) is 62.1 Å². The highest BCUT2D eigenvalue weighted by Gasteiger charge is 2.40. The number of rotatable bonds is 5. The van der Waals surface area contributed by atoms with Gasteiger partial charge in [0.1, 0.15) is 5.69 Å². The van der Waals surface area contributed by atoms with Crippen molar-refractivity contribution in [3.63, 3.8) is 0 Å². The Morgan fingerprint density at radius 3 is 2.55 bits per heavy atom. The number of carbonyl (C=O) groups is 1. The Balaban J connectivity index is 2.34. The van der Waals surface area contributed by atoms with Crippen LogP contribution in [0.4, 0.5) is 0 Å². The molecule has 1 saturated heterocycles. The van der Waals surface area contributed by atoms with E-state index in [1.54, 1.807) is 10.9 Å². The summed E-state index contributed by atoms with van der Waals surface area (Å²) in [4.78, 5) is 15.5. The zero-order valence-corrected chi connectivity index (χ0v) is 14.2. The Labute approximate surface area is 129 Å². The number of hydrogen-bond acceptors (Lipinski definition) is 3. The zero-order chi connectivity index (χ0) is 14.8. The smallest absolute Gasteiger partial charge is 0.201 e. The van der Waals surface area contributed by atoms with Crippen molar-refractivity contribution in [1.29, 1.82) is 0 Å². The standard InChI is InChI=1S/C15H24BrN3O/c1-4-15(3,18-9-7-6-8-10-18)14(20)13-12(16)11-17-19(13)5-2/h11H,4-10H2,1-3H3. The largest absolute Gasteiger partial charge is 0.291 e. The Hall–Kier alpha value is -0.680. The predicted molar refractivity (Wildman–Crippen MR) is 84.1 cm³/mol. The molecule has 2 heterocycles. The van der Waals surface area contributed by atoms with Crippen molar-refractivity contribution >= 4 is 21.7 Å². The van der Waals surface area contributed by atoms with Crippen molar-refractivity contribution in [2.75, 3.05) is 13.1 Å². The van der Waals surface area contributed by atoms with E-state index in [0.717, 1.165) is 24.0 Å². The second kappa shape index (κ2) is 6.39. The lowest BCUT2D eigenvalue weighted by Gasteiger charge is -2.41. The molecular formula is C15H24BrN3O. The molecule has 2 rings (SSSR count). The minimum Gasteiger partial charge on any atom is -0.291 e. The first-order chi connectivity index (χ1) is 9.54. The summed E-state index contributed by atoms with van der Waals surface area (Å²) in [5.41, 5.74) is 0.290. The molecule has 0 aromatic carbocycles. The van der Waals surface area contributed by atoms with Crippen molar-refractivity contribution in [2.45, 2.75) is 58.5 Å². The average molecular weight is 342 g/mol. The van der Waals surface area contributed by atoms with Crippen molar-refractivity contribution < 1.29 is 4.79 Å². The molecule has 0 radical (unpaired) electrons. The number of likely N-dealkylation sites (tertiary alicyclic amines) is 1. The van der Waals surface area contributed by atoms with E-state index < -0.39 is 5.54 Å². The summed E-state index contributed by atoms with van der Waals surface area (Å²) in [6.45, 7) is 8.96. The molecule has 1 aromatic rings. The van der Waals surface area contributed by atoms with Crippen molar-refractivity contribution in [3.05, 3.63) is 16.4 Å². The maximum Gasteiger partial charge on any atom is 0.201 e. The molecule has 1 atom stereocenters. The van der Waals surface area contributed by atoms with Gasteiger partial charge < -0.3 is 0 Å². The molecule has 1 aliphatic heterocycles. The normalized spacial score (nSPS) is 19.8. The SMILES string of the molecule is CCn1ncc(Br)c1C(=O)C(C)(CC)N1CCCCC1. The summed E-state index contributed by atoms with van der Waals surface area (Å²) in [7, 11) is 0. The third kappa shape index (κ3) is 2.70. The van der Waals surface area contributed by atoms with Crippen LogP contribution in [0.3, 0.4) is 0 Å². The van der Waals surface area contributed by atoms with E-state index in [9.17, 15) is 4.79 Å². The first-order valence-corrected chi connectivity index (χ1v) is 8.35. The highest BCUT2D eigenvalue weighted by atomic mass is 79.9. The maximum atomic E-state index is 13.1. The van der Waals surface area contributed by atoms with Gasteiger partial charge in [0.25, 0.3) is 0 Å². The summed E-state index contributed by atoms with van der Waals surface area (Å²) in [5, 5.41) is 4.28. The second-order valence-electron chi connectivity index (χ2n) is 5.66. The fourth-order valence-electron chi connectivity index (χ4n) is 3.00. The number of piperidine rings is 1. The van der Waals surface area contributed by atoms with E-state index in [1.165, 1.54) is 19.3 Å². The van der Waals surface area contributed by atoms with Crippen molar-refractivity contribution in [1.82, 2.24) is 14.7 Å².